The van der Waals surface area contributed by atoms with E-state index in [0.717, 1.165) is 18.3 Å². The summed E-state index contributed by atoms with van der Waals surface area (Å²) in [5, 5.41) is 0. The Balaban J connectivity index is 2.20. The number of hydrogen-bond acceptors (Lipinski definition) is 2. The molecule has 1 saturated heterocycles. The van der Waals surface area contributed by atoms with Crippen LogP contribution < -0.4 is 4.74 Å². The van der Waals surface area contributed by atoms with E-state index in [4.69, 9.17) is 4.74 Å². The van der Waals surface area contributed by atoms with E-state index in [1.165, 1.54) is 36.1 Å². The molecule has 1 unspecified atom stereocenters. The maximum atomic E-state index is 5.31. The number of aryl methyl sites for hydroxylation is 2. The molecular weight excluding hydrogens is 210 g/mol. The van der Waals surface area contributed by atoms with Crippen molar-refractivity contribution in [3.8, 4) is 5.75 Å². The van der Waals surface area contributed by atoms with Gasteiger partial charge in [-0.05, 0) is 69.0 Å². The van der Waals surface area contributed by atoms with E-state index in [1.807, 2.05) is 0 Å². The fraction of sp³-hybridized carbons (Fsp3) is 0.600. The number of rotatable bonds is 3. The lowest BCUT2D eigenvalue weighted by molar-refractivity contribution is 0.259. The Hall–Kier alpha value is -1.02. The highest BCUT2D eigenvalue weighted by Crippen LogP contribution is 2.26. The molecule has 1 aromatic rings. The van der Waals surface area contributed by atoms with Crippen molar-refractivity contribution < 1.29 is 4.74 Å². The van der Waals surface area contributed by atoms with Crippen molar-refractivity contribution >= 4 is 0 Å². The number of benzene rings is 1. The number of methoxy groups -OCH3 is 1. The van der Waals surface area contributed by atoms with E-state index in [2.05, 4.69) is 37.8 Å². The second kappa shape index (κ2) is 5.09. The summed E-state index contributed by atoms with van der Waals surface area (Å²) in [6, 6.07) is 5.02. The monoisotopic (exact) mass is 233 g/mol. The molecule has 1 aromatic carbocycles. The summed E-state index contributed by atoms with van der Waals surface area (Å²) in [4.78, 5) is 2.59. The van der Waals surface area contributed by atoms with Crippen LogP contribution in [-0.2, 0) is 6.54 Å². The predicted molar refractivity (Wildman–Crippen MR) is 71.6 cm³/mol. The highest BCUT2D eigenvalue weighted by Gasteiger charge is 2.21. The summed E-state index contributed by atoms with van der Waals surface area (Å²) in [6.45, 7) is 9.03. The molecule has 1 aliphatic heterocycles. The molecule has 0 aliphatic carbocycles. The zero-order valence-corrected chi connectivity index (χ0v) is 11.4. The molecule has 2 nitrogen and oxygen atoms in total. The van der Waals surface area contributed by atoms with Gasteiger partial charge in [0.25, 0.3) is 0 Å². The van der Waals surface area contributed by atoms with Gasteiger partial charge in [0.05, 0.1) is 7.11 Å². The number of nitrogens with zero attached hydrogens (tertiary/aromatic N) is 1. The van der Waals surface area contributed by atoms with Gasteiger partial charge in [0, 0.05) is 12.6 Å². The quantitative estimate of drug-likeness (QED) is 0.794. The summed E-state index contributed by atoms with van der Waals surface area (Å²) in [6.07, 6.45) is 2.68. The number of likely N-dealkylation sites (tertiary alicyclic amines) is 1. The van der Waals surface area contributed by atoms with Gasteiger partial charge in [-0.2, -0.15) is 0 Å². The summed E-state index contributed by atoms with van der Waals surface area (Å²) >= 11 is 0. The molecule has 0 radical (unpaired) electrons. The summed E-state index contributed by atoms with van der Waals surface area (Å²) in [7, 11) is 1.73. The SMILES string of the molecule is COc1cc(C)c(CN2CCCC2C)c(C)c1. The van der Waals surface area contributed by atoms with Gasteiger partial charge >= 0.3 is 0 Å². The summed E-state index contributed by atoms with van der Waals surface area (Å²) in [5.41, 5.74) is 4.17. The third-order valence-corrected chi connectivity index (χ3v) is 3.96. The van der Waals surface area contributed by atoms with Gasteiger partial charge < -0.3 is 4.74 Å². The maximum Gasteiger partial charge on any atom is 0.119 e. The van der Waals surface area contributed by atoms with Crippen LogP contribution in [0.4, 0.5) is 0 Å². The standard InChI is InChI=1S/C15H23NO/c1-11-8-14(17-4)9-12(2)15(11)10-16-7-5-6-13(16)3/h8-9,13H,5-7,10H2,1-4H3. The molecule has 1 heterocycles. The first-order chi connectivity index (χ1) is 8.11. The first kappa shape index (κ1) is 12.4. The van der Waals surface area contributed by atoms with Crippen LogP contribution in [0.15, 0.2) is 12.1 Å². The third kappa shape index (κ3) is 2.63. The van der Waals surface area contributed by atoms with Gasteiger partial charge in [0.1, 0.15) is 5.75 Å². The van der Waals surface area contributed by atoms with Gasteiger partial charge in [-0.1, -0.05) is 0 Å². The first-order valence-corrected chi connectivity index (χ1v) is 6.50. The lowest BCUT2D eigenvalue weighted by atomic mass is 10.0. The van der Waals surface area contributed by atoms with Crippen molar-refractivity contribution in [2.24, 2.45) is 0 Å². The van der Waals surface area contributed by atoms with Crippen LogP contribution in [0.5, 0.6) is 5.75 Å². The predicted octanol–water partition coefficient (Wildman–Crippen LogP) is 3.30. The molecule has 2 rings (SSSR count). The van der Waals surface area contributed by atoms with Crippen molar-refractivity contribution in [2.45, 2.75) is 46.2 Å². The van der Waals surface area contributed by atoms with Crippen molar-refractivity contribution in [1.82, 2.24) is 4.90 Å². The lowest BCUT2D eigenvalue weighted by Crippen LogP contribution is -2.26. The molecule has 0 saturated carbocycles. The minimum absolute atomic E-state index is 0.732. The fourth-order valence-electron chi connectivity index (χ4n) is 2.75. The fourth-order valence-corrected chi connectivity index (χ4v) is 2.75. The summed E-state index contributed by atoms with van der Waals surface area (Å²) in [5.74, 6) is 0.971. The Kier molecular flexibility index (Phi) is 3.72. The van der Waals surface area contributed by atoms with E-state index in [-0.39, 0.29) is 0 Å². The highest BCUT2D eigenvalue weighted by atomic mass is 16.5. The molecule has 2 heteroatoms. The second-order valence-corrected chi connectivity index (χ2v) is 5.20. The van der Waals surface area contributed by atoms with Gasteiger partial charge in [-0.25, -0.2) is 0 Å². The Labute approximate surface area is 105 Å². The zero-order valence-electron chi connectivity index (χ0n) is 11.4. The number of ether oxygens (including phenoxy) is 1. The number of hydrogen-bond donors (Lipinski definition) is 0. The molecule has 0 spiro atoms. The molecule has 1 fully saturated rings. The minimum atomic E-state index is 0.732. The second-order valence-electron chi connectivity index (χ2n) is 5.20. The van der Waals surface area contributed by atoms with E-state index in [0.29, 0.717) is 0 Å². The van der Waals surface area contributed by atoms with Gasteiger partial charge in [-0.15, -0.1) is 0 Å². The van der Waals surface area contributed by atoms with Crippen LogP contribution in [0.3, 0.4) is 0 Å². The Morgan fingerprint density at radius 1 is 1.29 bits per heavy atom. The average Bonchev–Trinajstić information content (AvgIpc) is 2.69. The van der Waals surface area contributed by atoms with Crippen molar-refractivity contribution in [1.29, 1.82) is 0 Å². The van der Waals surface area contributed by atoms with Crippen LogP contribution >= 0.6 is 0 Å². The molecule has 0 amide bonds. The maximum absolute atomic E-state index is 5.31. The average molecular weight is 233 g/mol. The van der Waals surface area contributed by atoms with Crippen molar-refractivity contribution in [3.05, 3.63) is 28.8 Å². The van der Waals surface area contributed by atoms with Crippen LogP contribution in [0, 0.1) is 13.8 Å². The third-order valence-electron chi connectivity index (χ3n) is 3.96. The smallest absolute Gasteiger partial charge is 0.119 e. The molecule has 1 aliphatic rings. The van der Waals surface area contributed by atoms with Crippen LogP contribution in [0.25, 0.3) is 0 Å². The van der Waals surface area contributed by atoms with Crippen LogP contribution in [0.2, 0.25) is 0 Å². The highest BCUT2D eigenvalue weighted by molar-refractivity contribution is 5.41. The molecular formula is C15H23NO. The van der Waals surface area contributed by atoms with Crippen LogP contribution in [-0.4, -0.2) is 24.6 Å². The zero-order chi connectivity index (χ0) is 12.4. The van der Waals surface area contributed by atoms with E-state index in [1.54, 1.807) is 7.11 Å². The topological polar surface area (TPSA) is 12.5 Å². The normalized spacial score (nSPS) is 20.8. The Morgan fingerprint density at radius 2 is 1.94 bits per heavy atom. The minimum Gasteiger partial charge on any atom is -0.497 e. The van der Waals surface area contributed by atoms with Crippen molar-refractivity contribution in [3.63, 3.8) is 0 Å². The summed E-state index contributed by atoms with van der Waals surface area (Å²) < 4.78 is 5.31. The molecule has 1 atom stereocenters. The van der Waals surface area contributed by atoms with E-state index < -0.39 is 0 Å². The van der Waals surface area contributed by atoms with Gasteiger partial charge in [0.2, 0.25) is 0 Å². The molecule has 0 N–H and O–H groups in total. The van der Waals surface area contributed by atoms with E-state index >= 15 is 0 Å². The first-order valence-electron chi connectivity index (χ1n) is 6.50. The van der Waals surface area contributed by atoms with Crippen LogP contribution in [0.1, 0.15) is 36.5 Å². The van der Waals surface area contributed by atoms with E-state index in [9.17, 15) is 0 Å². The molecule has 0 bridgehead atoms. The van der Waals surface area contributed by atoms with Gasteiger partial charge in [-0.3, -0.25) is 4.90 Å². The van der Waals surface area contributed by atoms with Crippen molar-refractivity contribution in [2.75, 3.05) is 13.7 Å². The van der Waals surface area contributed by atoms with Gasteiger partial charge in [0.15, 0.2) is 0 Å². The molecule has 0 aromatic heterocycles. The molecule has 94 valence electrons. The largest absolute Gasteiger partial charge is 0.497 e. The Bertz CT molecular complexity index is 377. The molecule has 17 heavy (non-hydrogen) atoms. The Morgan fingerprint density at radius 3 is 2.41 bits per heavy atom. The lowest BCUT2D eigenvalue weighted by Gasteiger charge is -2.23.